The molecule has 0 radical (unpaired) electrons. The molecule has 0 saturated heterocycles. The van der Waals surface area contributed by atoms with Gasteiger partial charge in [-0.1, -0.05) is 12.1 Å². The van der Waals surface area contributed by atoms with Gasteiger partial charge in [-0.25, -0.2) is 0 Å². The Morgan fingerprint density at radius 2 is 2.00 bits per heavy atom. The van der Waals surface area contributed by atoms with Crippen LogP contribution in [0, 0.1) is 0 Å². The molecule has 92 valence electrons. The number of hydrogen-bond acceptors (Lipinski definition) is 2. The quantitative estimate of drug-likeness (QED) is 0.836. The van der Waals surface area contributed by atoms with Crippen molar-refractivity contribution in [2.75, 3.05) is 0 Å². The van der Waals surface area contributed by atoms with Crippen LogP contribution in [-0.2, 0) is 13.2 Å². The van der Waals surface area contributed by atoms with Crippen LogP contribution < -0.4 is 5.73 Å². The summed E-state index contributed by atoms with van der Waals surface area (Å²) < 4.78 is 39.8. The van der Waals surface area contributed by atoms with E-state index in [2.05, 4.69) is 5.10 Å². The molecule has 0 amide bonds. The van der Waals surface area contributed by atoms with E-state index < -0.39 is 17.9 Å². The average molecular weight is 243 g/mol. The van der Waals surface area contributed by atoms with Crippen LogP contribution in [0.3, 0.4) is 0 Å². The lowest BCUT2D eigenvalue weighted by Gasteiger charge is -2.09. The molecule has 0 aliphatic rings. The van der Waals surface area contributed by atoms with Crippen LogP contribution in [0.1, 0.15) is 24.2 Å². The van der Waals surface area contributed by atoms with E-state index in [4.69, 9.17) is 5.73 Å². The summed E-state index contributed by atoms with van der Waals surface area (Å²) in [6, 6.07) is 4.42. The largest absolute Gasteiger partial charge is 0.435 e. The second kappa shape index (κ2) is 3.73. The third kappa shape index (κ3) is 1.88. The summed E-state index contributed by atoms with van der Waals surface area (Å²) in [6.07, 6.45) is -4.47. The summed E-state index contributed by atoms with van der Waals surface area (Å²) in [5.74, 6) is 0. The normalized spacial score (nSPS) is 14.2. The van der Waals surface area contributed by atoms with E-state index in [0.717, 1.165) is 0 Å². The molecule has 2 rings (SSSR count). The maximum absolute atomic E-state index is 12.9. The van der Waals surface area contributed by atoms with Crippen LogP contribution >= 0.6 is 0 Å². The van der Waals surface area contributed by atoms with Crippen molar-refractivity contribution in [3.63, 3.8) is 0 Å². The summed E-state index contributed by atoms with van der Waals surface area (Å²) in [5.41, 5.74) is 5.72. The molecule has 0 aliphatic carbocycles. The summed E-state index contributed by atoms with van der Waals surface area (Å²) in [4.78, 5) is 0. The highest BCUT2D eigenvalue weighted by molar-refractivity contribution is 5.86. The van der Waals surface area contributed by atoms with Crippen molar-refractivity contribution in [3.8, 4) is 0 Å². The first kappa shape index (κ1) is 11.9. The number of fused-ring (bicyclic) bond motifs is 1. The number of nitrogens with zero attached hydrogens (tertiary/aromatic N) is 2. The van der Waals surface area contributed by atoms with Gasteiger partial charge in [0.25, 0.3) is 0 Å². The Labute approximate surface area is 96.0 Å². The maximum Gasteiger partial charge on any atom is 0.435 e. The summed E-state index contributed by atoms with van der Waals surface area (Å²) in [5, 5.41) is 3.64. The van der Waals surface area contributed by atoms with E-state index >= 15 is 0 Å². The summed E-state index contributed by atoms with van der Waals surface area (Å²) in [6.45, 7) is 1.65. The molecule has 0 bridgehead atoms. The minimum atomic E-state index is -4.47. The first-order chi connectivity index (χ1) is 7.82. The van der Waals surface area contributed by atoms with Gasteiger partial charge in [-0.3, -0.25) is 4.68 Å². The van der Waals surface area contributed by atoms with Gasteiger partial charge in [-0.05, 0) is 18.6 Å². The van der Waals surface area contributed by atoms with Crippen molar-refractivity contribution in [1.29, 1.82) is 0 Å². The van der Waals surface area contributed by atoms with Crippen LogP contribution in [0.2, 0.25) is 0 Å². The van der Waals surface area contributed by atoms with Gasteiger partial charge in [0.2, 0.25) is 0 Å². The summed E-state index contributed by atoms with van der Waals surface area (Å²) >= 11 is 0. The molecule has 0 aliphatic heterocycles. The van der Waals surface area contributed by atoms with Crippen LogP contribution in [-0.4, -0.2) is 9.78 Å². The van der Waals surface area contributed by atoms with Gasteiger partial charge in [0.05, 0.1) is 5.52 Å². The molecule has 0 fully saturated rings. The van der Waals surface area contributed by atoms with Crippen molar-refractivity contribution in [3.05, 3.63) is 29.5 Å². The zero-order valence-corrected chi connectivity index (χ0v) is 9.42. The first-order valence-electron chi connectivity index (χ1n) is 5.10. The highest BCUT2D eigenvalue weighted by atomic mass is 19.4. The van der Waals surface area contributed by atoms with Crippen molar-refractivity contribution in [2.24, 2.45) is 12.8 Å². The molecular formula is C11H12F3N3. The smallest absolute Gasteiger partial charge is 0.324 e. The number of halogens is 3. The molecule has 0 spiro atoms. The molecular weight excluding hydrogens is 231 g/mol. The molecule has 1 unspecified atom stereocenters. The molecule has 0 saturated carbocycles. The number of alkyl halides is 3. The molecule has 1 atom stereocenters. The van der Waals surface area contributed by atoms with E-state index in [9.17, 15) is 13.2 Å². The number of rotatable bonds is 1. The lowest BCUT2D eigenvalue weighted by atomic mass is 10.0. The maximum atomic E-state index is 12.9. The fourth-order valence-electron chi connectivity index (χ4n) is 1.92. The van der Waals surface area contributed by atoms with Gasteiger partial charge >= 0.3 is 6.18 Å². The minimum absolute atomic E-state index is 0.0949. The Morgan fingerprint density at radius 3 is 2.53 bits per heavy atom. The monoisotopic (exact) mass is 243 g/mol. The SMILES string of the molecule is CC(N)c1cccc2c1c(C(F)(F)F)nn2C. The zero-order valence-electron chi connectivity index (χ0n) is 9.42. The Balaban J connectivity index is 2.86. The third-order valence-electron chi connectivity index (χ3n) is 2.67. The fraction of sp³-hybridized carbons (Fsp3) is 0.364. The van der Waals surface area contributed by atoms with E-state index in [0.29, 0.717) is 11.1 Å². The number of aryl methyl sites for hydroxylation is 1. The molecule has 17 heavy (non-hydrogen) atoms. The Hall–Kier alpha value is -1.56. The van der Waals surface area contributed by atoms with E-state index in [1.165, 1.54) is 11.7 Å². The predicted molar refractivity (Wildman–Crippen MR) is 58.3 cm³/mol. The summed E-state index contributed by atoms with van der Waals surface area (Å²) in [7, 11) is 1.49. The zero-order chi connectivity index (χ0) is 12.8. The van der Waals surface area contributed by atoms with Gasteiger partial charge in [0, 0.05) is 18.5 Å². The van der Waals surface area contributed by atoms with Gasteiger partial charge < -0.3 is 5.73 Å². The highest BCUT2D eigenvalue weighted by Gasteiger charge is 2.37. The predicted octanol–water partition coefficient (Wildman–Crippen LogP) is 2.61. The van der Waals surface area contributed by atoms with Crippen LogP contribution in [0.15, 0.2) is 18.2 Å². The Kier molecular flexibility index (Phi) is 2.61. The van der Waals surface area contributed by atoms with Gasteiger partial charge in [0.1, 0.15) is 0 Å². The number of nitrogens with two attached hydrogens (primary N) is 1. The average Bonchev–Trinajstić information content (AvgIpc) is 2.56. The van der Waals surface area contributed by atoms with Crippen LogP contribution in [0.25, 0.3) is 10.9 Å². The van der Waals surface area contributed by atoms with Crippen molar-refractivity contribution in [2.45, 2.75) is 19.1 Å². The van der Waals surface area contributed by atoms with Gasteiger partial charge in [0.15, 0.2) is 5.69 Å². The van der Waals surface area contributed by atoms with Crippen molar-refractivity contribution >= 4 is 10.9 Å². The molecule has 2 aromatic rings. The van der Waals surface area contributed by atoms with E-state index in [1.807, 2.05) is 0 Å². The highest BCUT2D eigenvalue weighted by Crippen LogP contribution is 2.36. The molecule has 1 aromatic carbocycles. The van der Waals surface area contributed by atoms with Crippen molar-refractivity contribution in [1.82, 2.24) is 9.78 Å². The lowest BCUT2D eigenvalue weighted by molar-refractivity contribution is -0.140. The first-order valence-corrected chi connectivity index (χ1v) is 5.10. The second-order valence-electron chi connectivity index (χ2n) is 4.00. The minimum Gasteiger partial charge on any atom is -0.324 e. The van der Waals surface area contributed by atoms with Gasteiger partial charge in [-0.15, -0.1) is 0 Å². The number of benzene rings is 1. The number of aromatic nitrogens is 2. The molecule has 2 N–H and O–H groups in total. The molecule has 3 nitrogen and oxygen atoms in total. The van der Waals surface area contributed by atoms with Crippen LogP contribution in [0.4, 0.5) is 13.2 Å². The number of hydrogen-bond donors (Lipinski definition) is 1. The second-order valence-corrected chi connectivity index (χ2v) is 4.00. The third-order valence-corrected chi connectivity index (χ3v) is 2.67. The fourth-order valence-corrected chi connectivity index (χ4v) is 1.92. The Bertz CT molecular complexity index is 555. The topological polar surface area (TPSA) is 43.8 Å². The van der Waals surface area contributed by atoms with Crippen molar-refractivity contribution < 1.29 is 13.2 Å². The molecule has 1 heterocycles. The van der Waals surface area contributed by atoms with Gasteiger partial charge in [-0.2, -0.15) is 18.3 Å². The standard InChI is InChI=1S/C11H12F3N3/c1-6(15)7-4-3-5-8-9(7)10(11(12,13)14)16-17(8)2/h3-6H,15H2,1-2H3. The molecule has 1 aromatic heterocycles. The lowest BCUT2D eigenvalue weighted by Crippen LogP contribution is -2.10. The van der Waals surface area contributed by atoms with Crippen LogP contribution in [0.5, 0.6) is 0 Å². The van der Waals surface area contributed by atoms with E-state index in [1.54, 1.807) is 25.1 Å². The molecule has 6 heteroatoms. The Morgan fingerprint density at radius 1 is 1.35 bits per heavy atom. The van der Waals surface area contributed by atoms with E-state index in [-0.39, 0.29) is 5.39 Å².